The van der Waals surface area contributed by atoms with Crippen LogP contribution >= 0.6 is 0 Å². The third-order valence-corrected chi connectivity index (χ3v) is 3.30. The average Bonchev–Trinajstić information content (AvgIpc) is 2.65. The molecule has 0 unspecified atom stereocenters. The van der Waals surface area contributed by atoms with E-state index < -0.39 is 6.04 Å². The first-order chi connectivity index (χ1) is 7.62. The lowest BCUT2D eigenvalue weighted by Crippen LogP contribution is -2.51. The minimum atomic E-state index is -0.542. The van der Waals surface area contributed by atoms with Crippen molar-refractivity contribution in [3.63, 3.8) is 0 Å². The molecular formula is C10H17N3O3. The molecule has 2 heterocycles. The van der Waals surface area contributed by atoms with Gasteiger partial charge in [-0.3, -0.25) is 14.4 Å². The van der Waals surface area contributed by atoms with Gasteiger partial charge in [0.15, 0.2) is 0 Å². The summed E-state index contributed by atoms with van der Waals surface area (Å²) in [6, 6.07) is -0.542. The van der Waals surface area contributed by atoms with Crippen LogP contribution in [0.15, 0.2) is 0 Å². The summed E-state index contributed by atoms with van der Waals surface area (Å²) in [4.78, 5) is 28.0. The zero-order chi connectivity index (χ0) is 11.6. The van der Waals surface area contributed by atoms with Crippen LogP contribution in [0.3, 0.4) is 0 Å². The molecule has 6 heteroatoms. The largest absolute Gasteiger partial charge is 0.342 e. The van der Waals surface area contributed by atoms with E-state index >= 15 is 0 Å². The van der Waals surface area contributed by atoms with E-state index in [0.717, 1.165) is 25.9 Å². The monoisotopic (exact) mass is 227 g/mol. The van der Waals surface area contributed by atoms with Crippen LogP contribution in [-0.4, -0.2) is 37.6 Å². The lowest BCUT2D eigenvalue weighted by atomic mass is 9.80. The van der Waals surface area contributed by atoms with E-state index in [-0.39, 0.29) is 23.8 Å². The first-order valence-corrected chi connectivity index (χ1v) is 5.55. The van der Waals surface area contributed by atoms with Crippen molar-refractivity contribution in [2.75, 3.05) is 19.7 Å². The maximum absolute atomic E-state index is 12.0. The van der Waals surface area contributed by atoms with Gasteiger partial charge in [0.2, 0.25) is 5.91 Å². The molecule has 2 saturated heterocycles. The molecule has 0 aromatic rings. The van der Waals surface area contributed by atoms with Gasteiger partial charge in [0.05, 0.1) is 0 Å². The van der Waals surface area contributed by atoms with Gasteiger partial charge in [-0.05, 0) is 25.9 Å². The van der Waals surface area contributed by atoms with Gasteiger partial charge in [-0.2, -0.15) is 0 Å². The van der Waals surface area contributed by atoms with Crippen LogP contribution in [0.4, 0.5) is 0 Å². The Morgan fingerprint density at radius 3 is 2.75 bits per heavy atom. The second-order valence-corrected chi connectivity index (χ2v) is 4.61. The first kappa shape index (κ1) is 11.3. The number of hydrogen-bond donors (Lipinski definition) is 3. The summed E-state index contributed by atoms with van der Waals surface area (Å²) in [5.41, 5.74) is 1.86. The molecule has 2 rings (SSSR count). The van der Waals surface area contributed by atoms with Gasteiger partial charge in [-0.25, -0.2) is 5.48 Å². The summed E-state index contributed by atoms with van der Waals surface area (Å²) in [6.45, 7) is 3.84. The quantitative estimate of drug-likeness (QED) is 0.561. The summed E-state index contributed by atoms with van der Waals surface area (Å²) in [5, 5.41) is 5.95. The Morgan fingerprint density at radius 1 is 1.50 bits per heavy atom. The van der Waals surface area contributed by atoms with E-state index in [2.05, 4.69) is 16.1 Å². The molecule has 90 valence electrons. The van der Waals surface area contributed by atoms with Crippen LogP contribution in [0.2, 0.25) is 0 Å². The summed E-state index contributed by atoms with van der Waals surface area (Å²) in [7, 11) is 0. The number of nitrogens with one attached hydrogen (secondary N) is 3. The average molecular weight is 227 g/mol. The Labute approximate surface area is 94.1 Å². The Hall–Kier alpha value is -1.14. The van der Waals surface area contributed by atoms with Crippen LogP contribution in [-0.2, 0) is 14.4 Å². The molecule has 1 atom stereocenters. The Bertz CT molecular complexity index is 300. The maximum Gasteiger partial charge on any atom is 0.268 e. The van der Waals surface area contributed by atoms with E-state index in [1.807, 2.05) is 6.92 Å². The first-order valence-electron chi connectivity index (χ1n) is 5.55. The SMILES string of the molecule is CC1(C(=O)N[C@@H]2CONC2=O)CCNCC1. The highest BCUT2D eigenvalue weighted by atomic mass is 16.7. The lowest BCUT2D eigenvalue weighted by molar-refractivity contribution is -0.135. The van der Waals surface area contributed by atoms with Crippen molar-refractivity contribution in [1.29, 1.82) is 0 Å². The molecule has 2 fully saturated rings. The molecule has 0 bridgehead atoms. The Morgan fingerprint density at radius 2 is 2.19 bits per heavy atom. The van der Waals surface area contributed by atoms with Crippen LogP contribution < -0.4 is 16.1 Å². The third-order valence-electron chi connectivity index (χ3n) is 3.30. The molecule has 0 aliphatic carbocycles. The van der Waals surface area contributed by atoms with Crippen molar-refractivity contribution in [3.05, 3.63) is 0 Å². The highest BCUT2D eigenvalue weighted by Crippen LogP contribution is 2.28. The van der Waals surface area contributed by atoms with Gasteiger partial charge in [0.1, 0.15) is 12.6 Å². The van der Waals surface area contributed by atoms with Crippen LogP contribution in [0.1, 0.15) is 19.8 Å². The number of carbonyl (C=O) groups excluding carboxylic acids is 2. The highest BCUT2D eigenvalue weighted by molar-refractivity contribution is 5.90. The molecular weight excluding hydrogens is 210 g/mol. The normalized spacial score (nSPS) is 28.6. The molecule has 0 aromatic carbocycles. The van der Waals surface area contributed by atoms with Crippen molar-refractivity contribution in [2.45, 2.75) is 25.8 Å². The smallest absolute Gasteiger partial charge is 0.268 e. The highest BCUT2D eigenvalue weighted by Gasteiger charge is 2.37. The molecule has 3 N–H and O–H groups in total. The molecule has 0 saturated carbocycles. The molecule has 2 amide bonds. The number of hydrogen-bond acceptors (Lipinski definition) is 4. The van der Waals surface area contributed by atoms with Crippen molar-refractivity contribution < 1.29 is 14.4 Å². The maximum atomic E-state index is 12.0. The zero-order valence-electron chi connectivity index (χ0n) is 9.34. The summed E-state index contributed by atoms with van der Waals surface area (Å²) >= 11 is 0. The van der Waals surface area contributed by atoms with E-state index in [1.165, 1.54) is 0 Å². The molecule has 16 heavy (non-hydrogen) atoms. The molecule has 2 aliphatic rings. The predicted octanol–water partition coefficient (Wildman–Crippen LogP) is -1.08. The molecule has 6 nitrogen and oxygen atoms in total. The van der Waals surface area contributed by atoms with Gasteiger partial charge < -0.3 is 10.6 Å². The predicted molar refractivity (Wildman–Crippen MR) is 56.2 cm³/mol. The molecule has 2 aliphatic heterocycles. The second kappa shape index (κ2) is 4.39. The van der Waals surface area contributed by atoms with Gasteiger partial charge in [0, 0.05) is 5.41 Å². The van der Waals surface area contributed by atoms with E-state index in [4.69, 9.17) is 4.84 Å². The number of carbonyl (C=O) groups is 2. The van der Waals surface area contributed by atoms with Crippen molar-refractivity contribution in [1.82, 2.24) is 16.1 Å². The summed E-state index contributed by atoms with van der Waals surface area (Å²) in [5.74, 6) is -0.328. The molecule has 0 spiro atoms. The standard InChI is InChI=1S/C10H17N3O3/c1-10(2-4-11-5-3-10)9(15)12-7-6-16-13-8(7)14/h7,11H,2-6H2,1H3,(H,12,15)(H,13,14)/t7-/m1/s1. The van der Waals surface area contributed by atoms with Crippen molar-refractivity contribution >= 4 is 11.8 Å². The van der Waals surface area contributed by atoms with Crippen molar-refractivity contribution in [2.24, 2.45) is 5.41 Å². The fourth-order valence-electron chi connectivity index (χ4n) is 1.99. The topological polar surface area (TPSA) is 79.5 Å². The summed E-state index contributed by atoms with van der Waals surface area (Å²) in [6.07, 6.45) is 1.60. The molecule has 0 aromatic heterocycles. The van der Waals surface area contributed by atoms with Crippen LogP contribution in [0.5, 0.6) is 0 Å². The lowest BCUT2D eigenvalue weighted by Gasteiger charge is -2.33. The van der Waals surface area contributed by atoms with Gasteiger partial charge in [-0.15, -0.1) is 0 Å². The minimum absolute atomic E-state index is 0.0559. The van der Waals surface area contributed by atoms with Gasteiger partial charge >= 0.3 is 0 Å². The van der Waals surface area contributed by atoms with Crippen LogP contribution in [0, 0.1) is 5.41 Å². The van der Waals surface area contributed by atoms with Gasteiger partial charge in [0.25, 0.3) is 5.91 Å². The number of amides is 2. The van der Waals surface area contributed by atoms with E-state index in [1.54, 1.807) is 0 Å². The van der Waals surface area contributed by atoms with Crippen LogP contribution in [0.25, 0.3) is 0 Å². The minimum Gasteiger partial charge on any atom is -0.342 e. The number of piperidine rings is 1. The number of rotatable bonds is 2. The van der Waals surface area contributed by atoms with Gasteiger partial charge in [-0.1, -0.05) is 6.92 Å². The Balaban J connectivity index is 1.93. The fourth-order valence-corrected chi connectivity index (χ4v) is 1.99. The zero-order valence-corrected chi connectivity index (χ0v) is 9.34. The Kier molecular flexibility index (Phi) is 3.11. The summed E-state index contributed by atoms with van der Waals surface area (Å²) < 4.78 is 0. The molecule has 0 radical (unpaired) electrons. The fraction of sp³-hybridized carbons (Fsp3) is 0.800. The van der Waals surface area contributed by atoms with E-state index in [9.17, 15) is 9.59 Å². The van der Waals surface area contributed by atoms with Crippen molar-refractivity contribution in [3.8, 4) is 0 Å². The van der Waals surface area contributed by atoms with E-state index in [0.29, 0.717) is 0 Å². The second-order valence-electron chi connectivity index (χ2n) is 4.61. The number of hydroxylamine groups is 1. The third kappa shape index (κ3) is 2.17.